The van der Waals surface area contributed by atoms with E-state index in [1.165, 1.54) is 18.2 Å². The molecule has 2 nitrogen and oxygen atoms in total. The molecule has 2 rings (SSSR count). The van der Waals surface area contributed by atoms with Gasteiger partial charge in [-0.25, -0.2) is 4.39 Å². The molecule has 1 aliphatic rings. The minimum atomic E-state index is -4.45. The molecule has 6 heteroatoms. The van der Waals surface area contributed by atoms with Gasteiger partial charge in [-0.1, -0.05) is 18.2 Å². The second kappa shape index (κ2) is 5.88. The van der Waals surface area contributed by atoms with Crippen LogP contribution in [-0.2, 0) is 6.18 Å². The number of nitrogens with one attached hydrogen (secondary N) is 1. The van der Waals surface area contributed by atoms with Crippen LogP contribution in [0, 0.1) is 0 Å². The molecule has 0 spiro atoms. The number of alkyl halides is 4. The van der Waals surface area contributed by atoms with E-state index in [0.29, 0.717) is 26.2 Å². The van der Waals surface area contributed by atoms with Gasteiger partial charge in [0.15, 0.2) is 0 Å². The lowest BCUT2D eigenvalue weighted by Crippen LogP contribution is -2.46. The van der Waals surface area contributed by atoms with E-state index in [1.54, 1.807) is 4.90 Å². The molecule has 0 bridgehead atoms. The van der Waals surface area contributed by atoms with Crippen LogP contribution < -0.4 is 5.32 Å². The lowest BCUT2D eigenvalue weighted by molar-refractivity contribution is -0.138. The lowest BCUT2D eigenvalue weighted by Gasteiger charge is -2.34. The summed E-state index contributed by atoms with van der Waals surface area (Å²) >= 11 is 0. The van der Waals surface area contributed by atoms with Crippen LogP contribution in [0.1, 0.15) is 17.2 Å². The maximum absolute atomic E-state index is 13.3. The summed E-state index contributed by atoms with van der Waals surface area (Å²) < 4.78 is 52.1. The van der Waals surface area contributed by atoms with Crippen LogP contribution in [0.3, 0.4) is 0 Å². The van der Waals surface area contributed by atoms with Crippen molar-refractivity contribution in [2.24, 2.45) is 0 Å². The minimum Gasteiger partial charge on any atom is -0.314 e. The van der Waals surface area contributed by atoms with Crippen LogP contribution >= 0.6 is 0 Å². The van der Waals surface area contributed by atoms with Crippen molar-refractivity contribution in [1.29, 1.82) is 0 Å². The van der Waals surface area contributed by atoms with Crippen LogP contribution in [0.4, 0.5) is 17.6 Å². The zero-order chi connectivity index (χ0) is 13.9. The largest absolute Gasteiger partial charge is 0.416 e. The second-order valence-electron chi connectivity index (χ2n) is 4.54. The number of hydrogen-bond acceptors (Lipinski definition) is 2. The van der Waals surface area contributed by atoms with Crippen molar-refractivity contribution in [2.75, 3.05) is 32.9 Å². The van der Waals surface area contributed by atoms with E-state index in [0.717, 1.165) is 6.07 Å². The smallest absolute Gasteiger partial charge is 0.314 e. The molecule has 1 aromatic rings. The van der Waals surface area contributed by atoms with Gasteiger partial charge >= 0.3 is 6.18 Å². The average Bonchev–Trinajstić information content (AvgIpc) is 2.40. The molecule has 1 fully saturated rings. The molecular weight excluding hydrogens is 260 g/mol. The van der Waals surface area contributed by atoms with Gasteiger partial charge in [-0.05, 0) is 11.6 Å². The van der Waals surface area contributed by atoms with Crippen LogP contribution in [0.25, 0.3) is 0 Å². The van der Waals surface area contributed by atoms with Gasteiger partial charge in [0.25, 0.3) is 0 Å². The Bertz CT molecular complexity index is 413. The Morgan fingerprint density at radius 2 is 1.79 bits per heavy atom. The third kappa shape index (κ3) is 3.25. The molecule has 1 atom stereocenters. The molecule has 0 aromatic heterocycles. The number of benzene rings is 1. The number of halogens is 4. The fourth-order valence-corrected chi connectivity index (χ4v) is 2.42. The Morgan fingerprint density at radius 1 is 1.16 bits per heavy atom. The van der Waals surface area contributed by atoms with Crippen molar-refractivity contribution in [3.8, 4) is 0 Å². The molecule has 0 unspecified atom stereocenters. The first-order valence-corrected chi connectivity index (χ1v) is 6.21. The number of piperazine rings is 1. The second-order valence-corrected chi connectivity index (χ2v) is 4.54. The van der Waals surface area contributed by atoms with E-state index in [2.05, 4.69) is 5.32 Å². The molecule has 0 amide bonds. The fourth-order valence-electron chi connectivity index (χ4n) is 2.42. The first-order valence-electron chi connectivity index (χ1n) is 6.21. The summed E-state index contributed by atoms with van der Waals surface area (Å²) in [5, 5.41) is 3.10. The van der Waals surface area contributed by atoms with Crippen molar-refractivity contribution in [3.63, 3.8) is 0 Å². The molecule has 0 aliphatic carbocycles. The standard InChI is InChI=1S/C13H16F4N2/c14-9-12(19-7-5-18-6-8-19)10-3-1-2-4-11(10)13(15,16)17/h1-4,12,18H,5-9H2/t12-/m1/s1. The summed E-state index contributed by atoms with van der Waals surface area (Å²) in [4.78, 5) is 1.76. The quantitative estimate of drug-likeness (QED) is 0.854. The Kier molecular flexibility index (Phi) is 4.42. The van der Waals surface area contributed by atoms with Crippen molar-refractivity contribution in [2.45, 2.75) is 12.2 Å². The van der Waals surface area contributed by atoms with Crippen LogP contribution in [0.2, 0.25) is 0 Å². The summed E-state index contributed by atoms with van der Waals surface area (Å²) in [5.41, 5.74) is -0.712. The fraction of sp³-hybridized carbons (Fsp3) is 0.538. The third-order valence-electron chi connectivity index (χ3n) is 3.36. The Labute approximate surface area is 109 Å². The van der Waals surface area contributed by atoms with Gasteiger partial charge in [-0.15, -0.1) is 0 Å². The molecule has 19 heavy (non-hydrogen) atoms. The molecule has 1 aromatic carbocycles. The highest BCUT2D eigenvalue weighted by molar-refractivity contribution is 5.32. The number of nitrogens with zero attached hydrogens (tertiary/aromatic N) is 1. The van der Waals surface area contributed by atoms with Crippen molar-refractivity contribution in [1.82, 2.24) is 10.2 Å². The molecule has 1 N–H and O–H groups in total. The van der Waals surface area contributed by atoms with E-state index in [-0.39, 0.29) is 5.56 Å². The molecule has 106 valence electrons. The Morgan fingerprint density at radius 3 is 2.37 bits per heavy atom. The Balaban J connectivity index is 2.32. The lowest BCUT2D eigenvalue weighted by atomic mass is 9.99. The van der Waals surface area contributed by atoms with E-state index >= 15 is 0 Å². The minimum absolute atomic E-state index is 0.0272. The van der Waals surface area contributed by atoms with Gasteiger partial charge < -0.3 is 5.32 Å². The highest BCUT2D eigenvalue weighted by Crippen LogP contribution is 2.36. The maximum Gasteiger partial charge on any atom is 0.416 e. The van der Waals surface area contributed by atoms with Crippen LogP contribution in [0.5, 0.6) is 0 Å². The highest BCUT2D eigenvalue weighted by atomic mass is 19.4. The normalized spacial score (nSPS) is 19.4. The molecule has 0 saturated carbocycles. The summed E-state index contributed by atoms with van der Waals surface area (Å²) in [6, 6.07) is 4.42. The average molecular weight is 276 g/mol. The topological polar surface area (TPSA) is 15.3 Å². The number of hydrogen-bond donors (Lipinski definition) is 1. The van der Waals surface area contributed by atoms with Crippen molar-refractivity contribution < 1.29 is 17.6 Å². The highest BCUT2D eigenvalue weighted by Gasteiger charge is 2.36. The molecule has 1 saturated heterocycles. The van der Waals surface area contributed by atoms with Gasteiger partial charge in [-0.3, -0.25) is 4.90 Å². The molecule has 1 aliphatic heterocycles. The van der Waals surface area contributed by atoms with E-state index in [1.807, 2.05) is 0 Å². The third-order valence-corrected chi connectivity index (χ3v) is 3.36. The monoisotopic (exact) mass is 276 g/mol. The van der Waals surface area contributed by atoms with Crippen LogP contribution in [0.15, 0.2) is 24.3 Å². The Hall–Kier alpha value is -1.14. The predicted molar refractivity (Wildman–Crippen MR) is 64.6 cm³/mol. The summed E-state index contributed by atoms with van der Waals surface area (Å²) in [6.45, 7) is 1.64. The van der Waals surface area contributed by atoms with Gasteiger partial charge in [-0.2, -0.15) is 13.2 Å². The molecular formula is C13H16F4N2. The number of rotatable bonds is 3. The maximum atomic E-state index is 13.3. The zero-order valence-corrected chi connectivity index (χ0v) is 10.4. The van der Waals surface area contributed by atoms with Crippen molar-refractivity contribution >= 4 is 0 Å². The first-order chi connectivity index (χ1) is 9.04. The van der Waals surface area contributed by atoms with E-state index in [4.69, 9.17) is 0 Å². The zero-order valence-electron chi connectivity index (χ0n) is 10.4. The van der Waals surface area contributed by atoms with Gasteiger partial charge in [0.2, 0.25) is 0 Å². The summed E-state index contributed by atoms with van der Waals surface area (Å²) in [7, 11) is 0. The molecule has 0 radical (unpaired) electrons. The van der Waals surface area contributed by atoms with Crippen LogP contribution in [-0.4, -0.2) is 37.8 Å². The van der Waals surface area contributed by atoms with Gasteiger partial charge in [0, 0.05) is 26.2 Å². The predicted octanol–water partition coefficient (Wildman–Crippen LogP) is 2.62. The van der Waals surface area contributed by atoms with E-state index < -0.39 is 24.5 Å². The molecule has 1 heterocycles. The van der Waals surface area contributed by atoms with E-state index in [9.17, 15) is 17.6 Å². The summed E-state index contributed by atoms with van der Waals surface area (Å²) in [6.07, 6.45) is -4.45. The van der Waals surface area contributed by atoms with Gasteiger partial charge in [0.05, 0.1) is 11.6 Å². The first kappa shape index (κ1) is 14.3. The van der Waals surface area contributed by atoms with Gasteiger partial charge in [0.1, 0.15) is 6.67 Å². The summed E-state index contributed by atoms with van der Waals surface area (Å²) in [5.74, 6) is 0. The SMILES string of the molecule is FC[C@H](c1ccccc1C(F)(F)F)N1CCNCC1. The van der Waals surface area contributed by atoms with Crippen molar-refractivity contribution in [3.05, 3.63) is 35.4 Å².